The zero-order valence-electron chi connectivity index (χ0n) is 15.3. The molecule has 1 aromatic carbocycles. The first-order valence-electron chi connectivity index (χ1n) is 9.17. The molecule has 1 aliphatic heterocycles. The van der Waals surface area contributed by atoms with E-state index in [-0.39, 0.29) is 12.1 Å². The van der Waals surface area contributed by atoms with Gasteiger partial charge in [0, 0.05) is 25.6 Å². The molecule has 1 fully saturated rings. The van der Waals surface area contributed by atoms with Crippen LogP contribution in [0.5, 0.6) is 0 Å². The molecule has 0 radical (unpaired) electrons. The van der Waals surface area contributed by atoms with Crippen LogP contribution in [0.2, 0.25) is 0 Å². The number of hydrogen-bond donors (Lipinski definition) is 2. The number of amides is 2. The van der Waals surface area contributed by atoms with Gasteiger partial charge in [-0.15, -0.1) is 0 Å². The molecule has 1 saturated heterocycles. The van der Waals surface area contributed by atoms with Gasteiger partial charge >= 0.3 is 6.03 Å². The maximum Gasteiger partial charge on any atom is 0.315 e. The number of carbonyl (C=O) groups is 1. The first-order valence-corrected chi connectivity index (χ1v) is 9.17. The number of aryl methyl sites for hydroxylation is 1. The second-order valence-corrected chi connectivity index (χ2v) is 6.95. The van der Waals surface area contributed by atoms with Gasteiger partial charge in [-0.3, -0.25) is 0 Å². The summed E-state index contributed by atoms with van der Waals surface area (Å²) in [4.78, 5) is 16.8. The van der Waals surface area contributed by atoms with Crippen LogP contribution in [0.4, 0.5) is 4.79 Å². The van der Waals surface area contributed by atoms with Gasteiger partial charge in [0.1, 0.15) is 5.82 Å². The lowest BCUT2D eigenvalue weighted by molar-refractivity contribution is 0.0545. The summed E-state index contributed by atoms with van der Waals surface area (Å²) < 4.78 is 7.90. The molecule has 2 N–H and O–H groups in total. The minimum Gasteiger partial charge on any atom is -0.378 e. The van der Waals surface area contributed by atoms with E-state index >= 15 is 0 Å². The largest absolute Gasteiger partial charge is 0.378 e. The highest BCUT2D eigenvalue weighted by Gasteiger charge is 2.30. The van der Waals surface area contributed by atoms with E-state index in [1.54, 1.807) is 0 Å². The van der Waals surface area contributed by atoms with Crippen LogP contribution >= 0.6 is 0 Å². The molecule has 0 bridgehead atoms. The quantitative estimate of drug-likeness (QED) is 0.847. The summed E-state index contributed by atoms with van der Waals surface area (Å²) in [7, 11) is 0. The van der Waals surface area contributed by atoms with Crippen LogP contribution < -0.4 is 10.6 Å². The Balaban J connectivity index is 1.54. The molecule has 1 aromatic heterocycles. The smallest absolute Gasteiger partial charge is 0.315 e. The van der Waals surface area contributed by atoms with Gasteiger partial charge in [0.15, 0.2) is 0 Å². The Hall–Kier alpha value is -2.08. The number of nitrogens with zero attached hydrogens (tertiary/aromatic N) is 2. The van der Waals surface area contributed by atoms with E-state index in [4.69, 9.17) is 4.74 Å². The van der Waals surface area contributed by atoms with Gasteiger partial charge in [0.05, 0.1) is 23.7 Å². The van der Waals surface area contributed by atoms with Crippen LogP contribution in [0.1, 0.15) is 33.0 Å². The van der Waals surface area contributed by atoms with E-state index in [2.05, 4.69) is 47.0 Å². The van der Waals surface area contributed by atoms with Crippen LogP contribution in [0, 0.1) is 11.8 Å². The van der Waals surface area contributed by atoms with Crippen molar-refractivity contribution >= 4 is 17.1 Å². The Labute approximate surface area is 149 Å². The Morgan fingerprint density at radius 3 is 2.92 bits per heavy atom. The average Bonchev–Trinajstić information content (AvgIpc) is 3.21. The van der Waals surface area contributed by atoms with Crippen LogP contribution in [0.3, 0.4) is 0 Å². The Morgan fingerprint density at radius 1 is 1.36 bits per heavy atom. The first-order chi connectivity index (χ1) is 12.1. The molecule has 3 rings (SSSR count). The number of nitrogens with one attached hydrogen (secondary N) is 2. The van der Waals surface area contributed by atoms with Gasteiger partial charge in [0.2, 0.25) is 0 Å². The fourth-order valence-electron chi connectivity index (χ4n) is 3.67. The highest BCUT2D eigenvalue weighted by Crippen LogP contribution is 2.26. The van der Waals surface area contributed by atoms with Crippen molar-refractivity contribution in [2.75, 3.05) is 13.2 Å². The van der Waals surface area contributed by atoms with E-state index in [9.17, 15) is 4.79 Å². The molecule has 2 heterocycles. The van der Waals surface area contributed by atoms with Crippen molar-refractivity contribution in [3.63, 3.8) is 0 Å². The van der Waals surface area contributed by atoms with Gasteiger partial charge in [-0.2, -0.15) is 0 Å². The first kappa shape index (κ1) is 17.7. The zero-order chi connectivity index (χ0) is 17.8. The summed E-state index contributed by atoms with van der Waals surface area (Å²) in [5.74, 6) is 1.75. The molecule has 0 unspecified atom stereocenters. The van der Waals surface area contributed by atoms with Gasteiger partial charge < -0.3 is 19.9 Å². The zero-order valence-corrected chi connectivity index (χ0v) is 15.3. The summed E-state index contributed by atoms with van der Waals surface area (Å²) in [5.41, 5.74) is 2.06. The number of benzene rings is 1. The van der Waals surface area contributed by atoms with Crippen LogP contribution in [-0.2, 0) is 17.8 Å². The monoisotopic (exact) mass is 344 g/mol. The molecule has 2 amide bonds. The van der Waals surface area contributed by atoms with Gasteiger partial charge in [0.25, 0.3) is 0 Å². The lowest BCUT2D eigenvalue weighted by atomic mass is 9.93. The third kappa shape index (κ3) is 3.95. The van der Waals surface area contributed by atoms with Crippen molar-refractivity contribution in [3.05, 3.63) is 30.1 Å². The van der Waals surface area contributed by atoms with E-state index < -0.39 is 0 Å². The van der Waals surface area contributed by atoms with E-state index in [0.717, 1.165) is 36.4 Å². The minimum absolute atomic E-state index is 0.149. The molecule has 2 atom stereocenters. The predicted molar refractivity (Wildman–Crippen MR) is 98.3 cm³/mol. The van der Waals surface area contributed by atoms with Crippen molar-refractivity contribution < 1.29 is 9.53 Å². The second-order valence-electron chi connectivity index (χ2n) is 6.95. The summed E-state index contributed by atoms with van der Waals surface area (Å²) in [5, 5.41) is 5.91. The van der Waals surface area contributed by atoms with Gasteiger partial charge in [-0.1, -0.05) is 26.0 Å². The van der Waals surface area contributed by atoms with Crippen LogP contribution in [-0.4, -0.2) is 34.8 Å². The SMILES string of the molecule is CCn1c(CNC(=O)NC[C@@H]2CCO[C@H]2C(C)C)nc2ccccc21. The van der Waals surface area contributed by atoms with Crippen LogP contribution in [0.15, 0.2) is 24.3 Å². The molecular weight excluding hydrogens is 316 g/mol. The van der Waals surface area contributed by atoms with Crippen molar-refractivity contribution in [3.8, 4) is 0 Å². The van der Waals surface area contributed by atoms with Crippen molar-refractivity contribution in [1.82, 2.24) is 20.2 Å². The number of rotatable bonds is 6. The standard InChI is InChI=1S/C19H28N4O2/c1-4-23-16-8-6-5-7-15(16)22-17(23)12-21-19(24)20-11-14-9-10-25-18(14)13(2)3/h5-8,13-14,18H,4,9-12H2,1-3H3,(H2,20,21,24)/t14-,18-/m0/s1. The summed E-state index contributed by atoms with van der Waals surface area (Å²) in [6, 6.07) is 7.89. The number of ether oxygens (including phenoxy) is 1. The van der Waals surface area contributed by atoms with E-state index in [0.29, 0.717) is 24.9 Å². The Kier molecular flexibility index (Phi) is 5.58. The second kappa shape index (κ2) is 7.87. The molecule has 25 heavy (non-hydrogen) atoms. The molecular formula is C19H28N4O2. The minimum atomic E-state index is -0.149. The number of urea groups is 1. The van der Waals surface area contributed by atoms with Crippen molar-refractivity contribution in [2.45, 2.75) is 46.4 Å². The van der Waals surface area contributed by atoms with Gasteiger partial charge in [-0.25, -0.2) is 9.78 Å². The van der Waals surface area contributed by atoms with E-state index in [1.807, 2.05) is 18.2 Å². The fraction of sp³-hybridized carbons (Fsp3) is 0.579. The highest BCUT2D eigenvalue weighted by molar-refractivity contribution is 5.76. The molecule has 0 spiro atoms. The number of hydrogen-bond acceptors (Lipinski definition) is 3. The molecule has 0 aliphatic carbocycles. The number of carbonyl (C=O) groups excluding carboxylic acids is 1. The maximum absolute atomic E-state index is 12.2. The Bertz CT molecular complexity index is 725. The predicted octanol–water partition coefficient (Wildman–Crippen LogP) is 2.92. The number of fused-ring (bicyclic) bond motifs is 1. The third-order valence-electron chi connectivity index (χ3n) is 4.90. The molecule has 6 heteroatoms. The maximum atomic E-state index is 12.2. The molecule has 1 aliphatic rings. The average molecular weight is 344 g/mol. The number of imidazole rings is 1. The van der Waals surface area contributed by atoms with E-state index in [1.165, 1.54) is 0 Å². The van der Waals surface area contributed by atoms with Gasteiger partial charge in [-0.05, 0) is 31.4 Å². The van der Waals surface area contributed by atoms with Crippen molar-refractivity contribution in [2.24, 2.45) is 11.8 Å². The topological polar surface area (TPSA) is 68.2 Å². The third-order valence-corrected chi connectivity index (χ3v) is 4.90. The van der Waals surface area contributed by atoms with Crippen molar-refractivity contribution in [1.29, 1.82) is 0 Å². The molecule has 2 aromatic rings. The molecule has 6 nitrogen and oxygen atoms in total. The lowest BCUT2D eigenvalue weighted by Gasteiger charge is -2.22. The normalized spacial score (nSPS) is 20.3. The highest BCUT2D eigenvalue weighted by atomic mass is 16.5. The summed E-state index contributed by atoms with van der Waals surface area (Å²) >= 11 is 0. The van der Waals surface area contributed by atoms with Crippen LogP contribution in [0.25, 0.3) is 11.0 Å². The Morgan fingerprint density at radius 2 is 2.16 bits per heavy atom. The summed E-state index contributed by atoms with van der Waals surface area (Å²) in [6.07, 6.45) is 1.25. The lowest BCUT2D eigenvalue weighted by Crippen LogP contribution is -2.40. The molecule has 136 valence electrons. The molecule has 0 saturated carbocycles. The number of aromatic nitrogens is 2. The fourth-order valence-corrected chi connectivity index (χ4v) is 3.67. The number of para-hydroxylation sites is 2. The summed E-state index contributed by atoms with van der Waals surface area (Å²) in [6.45, 7) is 9.11.